The standard InChI is InChI=1S/C27H34N6O3/c1-27(2,3)31-26(36)29-20-14-10-13-19(15-20)22(34)17-33(6)24(35)21-16-28-25(32(4)5)30-23(21)18-11-8-7-9-12-18/h7-16,22,34H,17H2,1-6H3,(H2,29,31,36). The van der Waals surface area contributed by atoms with Crippen LogP contribution < -0.4 is 15.5 Å². The molecule has 0 spiro atoms. The van der Waals surface area contributed by atoms with Crippen LogP contribution in [0.25, 0.3) is 11.3 Å². The summed E-state index contributed by atoms with van der Waals surface area (Å²) < 4.78 is 0. The summed E-state index contributed by atoms with van der Waals surface area (Å²) in [5.41, 5.74) is 2.41. The number of hydrogen-bond donors (Lipinski definition) is 3. The molecule has 0 fully saturated rings. The van der Waals surface area contributed by atoms with E-state index in [9.17, 15) is 14.7 Å². The third kappa shape index (κ3) is 7.02. The van der Waals surface area contributed by atoms with Crippen molar-refractivity contribution in [3.8, 4) is 11.3 Å². The molecule has 1 heterocycles. The Morgan fingerprint density at radius 2 is 1.72 bits per heavy atom. The number of urea groups is 1. The molecule has 9 heteroatoms. The minimum Gasteiger partial charge on any atom is -0.387 e. The third-order valence-electron chi connectivity index (χ3n) is 5.26. The fourth-order valence-electron chi connectivity index (χ4n) is 3.54. The second kappa shape index (κ2) is 11.2. The molecule has 1 unspecified atom stereocenters. The van der Waals surface area contributed by atoms with Gasteiger partial charge in [-0.1, -0.05) is 42.5 Å². The molecule has 0 saturated carbocycles. The first-order valence-electron chi connectivity index (χ1n) is 11.7. The molecule has 2 aromatic carbocycles. The van der Waals surface area contributed by atoms with E-state index >= 15 is 0 Å². The molecule has 9 nitrogen and oxygen atoms in total. The van der Waals surface area contributed by atoms with Gasteiger partial charge in [0.05, 0.1) is 23.9 Å². The van der Waals surface area contributed by atoms with Gasteiger partial charge in [0.25, 0.3) is 5.91 Å². The molecule has 3 rings (SSSR count). The van der Waals surface area contributed by atoms with Crippen molar-refractivity contribution in [1.82, 2.24) is 20.2 Å². The lowest BCUT2D eigenvalue weighted by atomic mass is 10.1. The van der Waals surface area contributed by atoms with E-state index in [1.807, 2.05) is 65.2 Å². The lowest BCUT2D eigenvalue weighted by Crippen LogP contribution is -2.43. The zero-order valence-electron chi connectivity index (χ0n) is 21.6. The Bertz CT molecular complexity index is 1210. The number of nitrogens with zero attached hydrogens (tertiary/aromatic N) is 4. The van der Waals surface area contributed by atoms with Crippen molar-refractivity contribution in [3.05, 3.63) is 71.9 Å². The number of aliphatic hydroxyl groups is 1. The van der Waals surface area contributed by atoms with Gasteiger partial charge in [0.1, 0.15) is 0 Å². The Kier molecular flexibility index (Phi) is 8.26. The van der Waals surface area contributed by atoms with Crippen molar-refractivity contribution in [2.24, 2.45) is 0 Å². The number of hydrogen-bond acceptors (Lipinski definition) is 6. The number of aliphatic hydroxyl groups excluding tert-OH is 1. The molecule has 0 saturated heterocycles. The maximum Gasteiger partial charge on any atom is 0.319 e. The van der Waals surface area contributed by atoms with Gasteiger partial charge in [-0.25, -0.2) is 14.8 Å². The molecule has 0 radical (unpaired) electrons. The maximum atomic E-state index is 13.4. The monoisotopic (exact) mass is 490 g/mol. The molecule has 190 valence electrons. The molecule has 1 aromatic heterocycles. The quantitative estimate of drug-likeness (QED) is 0.463. The number of amides is 3. The van der Waals surface area contributed by atoms with Crippen LogP contribution in [0.1, 0.15) is 42.8 Å². The second-order valence-electron chi connectivity index (χ2n) is 9.85. The first kappa shape index (κ1) is 26.6. The van der Waals surface area contributed by atoms with Crippen molar-refractivity contribution < 1.29 is 14.7 Å². The highest BCUT2D eigenvalue weighted by atomic mass is 16.3. The minimum absolute atomic E-state index is 0.0418. The average Bonchev–Trinajstić information content (AvgIpc) is 2.82. The highest BCUT2D eigenvalue weighted by molar-refractivity contribution is 5.99. The first-order chi connectivity index (χ1) is 16.9. The zero-order valence-corrected chi connectivity index (χ0v) is 21.6. The highest BCUT2D eigenvalue weighted by Gasteiger charge is 2.23. The Balaban J connectivity index is 1.78. The number of likely N-dealkylation sites (N-methyl/N-ethyl adjacent to an activating group) is 1. The van der Waals surface area contributed by atoms with Gasteiger partial charge in [0.2, 0.25) is 5.95 Å². The Labute approximate surface area is 212 Å². The van der Waals surface area contributed by atoms with Gasteiger partial charge in [-0.05, 0) is 38.5 Å². The molecule has 3 amide bonds. The molecular weight excluding hydrogens is 456 g/mol. The van der Waals surface area contributed by atoms with Crippen molar-refractivity contribution in [2.75, 3.05) is 37.9 Å². The van der Waals surface area contributed by atoms with Gasteiger partial charge in [0, 0.05) is 44.1 Å². The smallest absolute Gasteiger partial charge is 0.319 e. The largest absolute Gasteiger partial charge is 0.387 e. The van der Waals surface area contributed by atoms with Crippen LogP contribution in [0.3, 0.4) is 0 Å². The summed E-state index contributed by atoms with van der Waals surface area (Å²) in [6, 6.07) is 16.0. The number of carbonyl (C=O) groups excluding carboxylic acids is 2. The molecule has 3 N–H and O–H groups in total. The summed E-state index contributed by atoms with van der Waals surface area (Å²) in [7, 11) is 5.30. The number of carbonyl (C=O) groups is 2. The van der Waals surface area contributed by atoms with Crippen LogP contribution in [0.4, 0.5) is 16.4 Å². The molecule has 0 aliphatic rings. The fraction of sp³-hybridized carbons (Fsp3) is 0.333. The Morgan fingerprint density at radius 1 is 1.03 bits per heavy atom. The van der Waals surface area contributed by atoms with E-state index in [0.717, 1.165) is 5.56 Å². The van der Waals surface area contributed by atoms with Crippen LogP contribution in [0.5, 0.6) is 0 Å². The van der Waals surface area contributed by atoms with E-state index in [-0.39, 0.29) is 24.0 Å². The maximum absolute atomic E-state index is 13.4. The first-order valence-corrected chi connectivity index (χ1v) is 11.7. The van der Waals surface area contributed by atoms with Crippen molar-refractivity contribution in [2.45, 2.75) is 32.4 Å². The normalized spacial score (nSPS) is 12.0. The minimum atomic E-state index is -0.964. The van der Waals surface area contributed by atoms with Crippen molar-refractivity contribution in [3.63, 3.8) is 0 Å². The van der Waals surface area contributed by atoms with Crippen LogP contribution in [-0.2, 0) is 0 Å². The van der Waals surface area contributed by atoms with Crippen LogP contribution in [0.2, 0.25) is 0 Å². The summed E-state index contributed by atoms with van der Waals surface area (Å²) in [4.78, 5) is 37.7. The summed E-state index contributed by atoms with van der Waals surface area (Å²) in [6.45, 7) is 5.71. The van der Waals surface area contributed by atoms with Crippen molar-refractivity contribution >= 4 is 23.6 Å². The predicted octanol–water partition coefficient (Wildman–Crippen LogP) is 3.94. The van der Waals surface area contributed by atoms with Gasteiger partial charge < -0.3 is 25.5 Å². The van der Waals surface area contributed by atoms with Crippen molar-refractivity contribution in [1.29, 1.82) is 0 Å². The molecular formula is C27H34N6O3. The Morgan fingerprint density at radius 3 is 2.36 bits per heavy atom. The van der Waals surface area contributed by atoms with E-state index in [0.29, 0.717) is 28.5 Å². The molecule has 0 aliphatic heterocycles. The van der Waals surface area contributed by atoms with Crippen LogP contribution in [-0.4, -0.2) is 65.1 Å². The van der Waals surface area contributed by atoms with Gasteiger partial charge >= 0.3 is 6.03 Å². The van der Waals surface area contributed by atoms with Gasteiger partial charge in [-0.2, -0.15) is 0 Å². The second-order valence-corrected chi connectivity index (χ2v) is 9.85. The average molecular weight is 491 g/mol. The zero-order chi connectivity index (χ0) is 26.5. The van der Waals surface area contributed by atoms with E-state index in [1.165, 1.54) is 11.1 Å². The highest BCUT2D eigenvalue weighted by Crippen LogP contribution is 2.25. The number of aromatic nitrogens is 2. The summed E-state index contributed by atoms with van der Waals surface area (Å²) >= 11 is 0. The molecule has 3 aromatic rings. The summed E-state index contributed by atoms with van der Waals surface area (Å²) in [5, 5.41) is 16.5. The van der Waals surface area contributed by atoms with Crippen LogP contribution in [0.15, 0.2) is 60.8 Å². The molecule has 1 atom stereocenters. The summed E-state index contributed by atoms with van der Waals surface area (Å²) in [5.74, 6) is 0.185. The Hall–Kier alpha value is -3.98. The molecule has 36 heavy (non-hydrogen) atoms. The predicted molar refractivity (Wildman–Crippen MR) is 142 cm³/mol. The fourth-order valence-corrected chi connectivity index (χ4v) is 3.54. The number of nitrogens with one attached hydrogen (secondary N) is 2. The van der Waals surface area contributed by atoms with E-state index in [1.54, 1.807) is 36.2 Å². The van der Waals surface area contributed by atoms with E-state index in [4.69, 9.17) is 0 Å². The van der Waals surface area contributed by atoms with Gasteiger partial charge in [-0.3, -0.25) is 4.79 Å². The number of rotatable bonds is 7. The SMILES string of the molecule is CN(CC(O)c1cccc(NC(=O)NC(C)(C)C)c1)C(=O)c1cnc(N(C)C)nc1-c1ccccc1. The van der Waals surface area contributed by atoms with E-state index in [2.05, 4.69) is 20.6 Å². The van der Waals surface area contributed by atoms with Gasteiger partial charge in [0.15, 0.2) is 0 Å². The van der Waals surface area contributed by atoms with Crippen LogP contribution >= 0.6 is 0 Å². The molecule has 0 bridgehead atoms. The number of anilines is 2. The third-order valence-corrected chi connectivity index (χ3v) is 5.26. The topological polar surface area (TPSA) is 111 Å². The lowest BCUT2D eigenvalue weighted by Gasteiger charge is -2.23. The molecule has 0 aliphatic carbocycles. The van der Waals surface area contributed by atoms with Gasteiger partial charge in [-0.15, -0.1) is 0 Å². The summed E-state index contributed by atoms with van der Waals surface area (Å²) in [6.07, 6.45) is 0.558. The van der Waals surface area contributed by atoms with E-state index < -0.39 is 6.10 Å². The lowest BCUT2D eigenvalue weighted by molar-refractivity contribution is 0.0681. The van der Waals surface area contributed by atoms with Crippen LogP contribution in [0, 0.1) is 0 Å². The number of benzene rings is 2.